The van der Waals surface area contributed by atoms with Gasteiger partial charge in [0.1, 0.15) is 0 Å². The molecular weight excluding hydrogens is 162 g/mol. The lowest BCUT2D eigenvalue weighted by atomic mass is 10.1. The minimum atomic E-state index is 0.243. The quantitative estimate of drug-likeness (QED) is 0.695. The third kappa shape index (κ3) is 3.79. The van der Waals surface area contributed by atoms with E-state index in [0.29, 0.717) is 11.8 Å². The van der Waals surface area contributed by atoms with Crippen molar-refractivity contribution in [2.24, 2.45) is 17.8 Å². The molecule has 0 aromatic heterocycles. The SMILES string of the molecule is CC(C)CCNC(=O)C(C)C1CC1. The molecule has 0 saturated heterocycles. The molecule has 1 aliphatic rings. The second-order valence-corrected chi connectivity index (χ2v) is 4.60. The van der Waals surface area contributed by atoms with Crippen molar-refractivity contribution in [3.63, 3.8) is 0 Å². The van der Waals surface area contributed by atoms with Crippen molar-refractivity contribution in [1.82, 2.24) is 5.32 Å². The molecule has 1 fully saturated rings. The molecule has 0 spiro atoms. The highest BCUT2D eigenvalue weighted by molar-refractivity contribution is 5.78. The second-order valence-electron chi connectivity index (χ2n) is 4.60. The van der Waals surface area contributed by atoms with Crippen molar-refractivity contribution in [3.05, 3.63) is 0 Å². The standard InChI is InChI=1S/C11H21NO/c1-8(2)6-7-12-11(13)9(3)10-4-5-10/h8-10H,4-7H2,1-3H3,(H,12,13). The molecule has 0 bridgehead atoms. The predicted octanol–water partition coefficient (Wildman–Crippen LogP) is 2.19. The van der Waals surface area contributed by atoms with Gasteiger partial charge in [-0.3, -0.25) is 4.79 Å². The Bertz CT molecular complexity index is 173. The van der Waals surface area contributed by atoms with E-state index >= 15 is 0 Å². The Labute approximate surface area is 81.1 Å². The van der Waals surface area contributed by atoms with Gasteiger partial charge in [-0.2, -0.15) is 0 Å². The topological polar surface area (TPSA) is 29.1 Å². The molecule has 76 valence electrons. The number of hydrogen-bond donors (Lipinski definition) is 1. The molecule has 0 radical (unpaired) electrons. The van der Waals surface area contributed by atoms with E-state index in [1.54, 1.807) is 0 Å². The van der Waals surface area contributed by atoms with Crippen LogP contribution in [-0.4, -0.2) is 12.5 Å². The van der Waals surface area contributed by atoms with Crippen LogP contribution in [0.1, 0.15) is 40.0 Å². The molecule has 1 saturated carbocycles. The van der Waals surface area contributed by atoms with Crippen LogP contribution in [0.15, 0.2) is 0 Å². The zero-order valence-electron chi connectivity index (χ0n) is 8.97. The van der Waals surface area contributed by atoms with Gasteiger partial charge in [0.05, 0.1) is 0 Å². The van der Waals surface area contributed by atoms with Crippen LogP contribution in [0.2, 0.25) is 0 Å². The highest BCUT2D eigenvalue weighted by atomic mass is 16.1. The van der Waals surface area contributed by atoms with Crippen LogP contribution in [0.3, 0.4) is 0 Å². The smallest absolute Gasteiger partial charge is 0.223 e. The number of carbonyl (C=O) groups excluding carboxylic acids is 1. The summed E-state index contributed by atoms with van der Waals surface area (Å²) in [6, 6.07) is 0. The van der Waals surface area contributed by atoms with Crippen LogP contribution < -0.4 is 5.32 Å². The molecule has 0 aromatic carbocycles. The first-order valence-corrected chi connectivity index (χ1v) is 5.39. The van der Waals surface area contributed by atoms with Crippen LogP contribution in [0.4, 0.5) is 0 Å². The molecule has 2 heteroatoms. The van der Waals surface area contributed by atoms with Crippen LogP contribution >= 0.6 is 0 Å². The molecule has 0 aliphatic heterocycles. The number of carbonyl (C=O) groups is 1. The van der Waals surface area contributed by atoms with Gasteiger partial charge < -0.3 is 5.32 Å². The molecule has 13 heavy (non-hydrogen) atoms. The summed E-state index contributed by atoms with van der Waals surface area (Å²) in [5.41, 5.74) is 0. The van der Waals surface area contributed by atoms with Gasteiger partial charge in [0.25, 0.3) is 0 Å². The first kappa shape index (κ1) is 10.6. The summed E-state index contributed by atoms with van der Waals surface area (Å²) in [5, 5.41) is 3.00. The van der Waals surface area contributed by atoms with Gasteiger partial charge in [0.2, 0.25) is 5.91 Å². The van der Waals surface area contributed by atoms with E-state index in [-0.39, 0.29) is 11.8 Å². The van der Waals surface area contributed by atoms with E-state index in [1.165, 1.54) is 12.8 Å². The van der Waals surface area contributed by atoms with Crippen molar-refractivity contribution in [3.8, 4) is 0 Å². The van der Waals surface area contributed by atoms with Crippen molar-refractivity contribution in [1.29, 1.82) is 0 Å². The summed E-state index contributed by atoms with van der Waals surface area (Å²) in [4.78, 5) is 11.5. The molecule has 1 atom stereocenters. The molecular formula is C11H21NO. The van der Waals surface area contributed by atoms with E-state index < -0.39 is 0 Å². The third-order valence-electron chi connectivity index (χ3n) is 2.76. The van der Waals surface area contributed by atoms with E-state index in [0.717, 1.165) is 13.0 Å². The second kappa shape index (κ2) is 4.64. The monoisotopic (exact) mass is 183 g/mol. The van der Waals surface area contributed by atoms with Gasteiger partial charge in [0.15, 0.2) is 0 Å². The summed E-state index contributed by atoms with van der Waals surface area (Å²) in [7, 11) is 0. The molecule has 1 aliphatic carbocycles. The fraction of sp³-hybridized carbons (Fsp3) is 0.909. The molecule has 2 nitrogen and oxygen atoms in total. The number of nitrogens with one attached hydrogen (secondary N) is 1. The minimum absolute atomic E-state index is 0.243. The lowest BCUT2D eigenvalue weighted by Gasteiger charge is -2.11. The first-order chi connectivity index (χ1) is 6.11. The van der Waals surface area contributed by atoms with E-state index in [2.05, 4.69) is 19.2 Å². The maximum Gasteiger partial charge on any atom is 0.223 e. The van der Waals surface area contributed by atoms with E-state index in [1.807, 2.05) is 6.92 Å². The molecule has 1 unspecified atom stereocenters. The summed E-state index contributed by atoms with van der Waals surface area (Å²) in [6.07, 6.45) is 3.58. The first-order valence-electron chi connectivity index (χ1n) is 5.39. The lowest BCUT2D eigenvalue weighted by molar-refractivity contribution is -0.125. The van der Waals surface area contributed by atoms with Crippen molar-refractivity contribution in [2.75, 3.05) is 6.54 Å². The molecule has 1 rings (SSSR count). The Balaban J connectivity index is 2.09. The van der Waals surface area contributed by atoms with Crippen molar-refractivity contribution in [2.45, 2.75) is 40.0 Å². The fourth-order valence-corrected chi connectivity index (χ4v) is 1.46. The Morgan fingerprint density at radius 2 is 2.00 bits per heavy atom. The van der Waals surface area contributed by atoms with Gasteiger partial charge in [-0.15, -0.1) is 0 Å². The summed E-state index contributed by atoms with van der Waals surface area (Å²) in [5.74, 6) is 1.85. The maximum atomic E-state index is 11.5. The van der Waals surface area contributed by atoms with Crippen LogP contribution in [-0.2, 0) is 4.79 Å². The molecule has 1 amide bonds. The third-order valence-corrected chi connectivity index (χ3v) is 2.76. The summed E-state index contributed by atoms with van der Waals surface area (Å²) >= 11 is 0. The number of amides is 1. The lowest BCUT2D eigenvalue weighted by Crippen LogP contribution is -2.31. The minimum Gasteiger partial charge on any atom is -0.356 e. The Morgan fingerprint density at radius 1 is 1.38 bits per heavy atom. The predicted molar refractivity (Wildman–Crippen MR) is 54.4 cm³/mol. The Hall–Kier alpha value is -0.530. The van der Waals surface area contributed by atoms with Crippen LogP contribution in [0, 0.1) is 17.8 Å². The number of hydrogen-bond acceptors (Lipinski definition) is 1. The van der Waals surface area contributed by atoms with Gasteiger partial charge in [-0.1, -0.05) is 20.8 Å². The molecule has 1 N–H and O–H groups in total. The van der Waals surface area contributed by atoms with Gasteiger partial charge in [0, 0.05) is 12.5 Å². The summed E-state index contributed by atoms with van der Waals surface area (Å²) in [6.45, 7) is 7.24. The van der Waals surface area contributed by atoms with Crippen molar-refractivity contribution < 1.29 is 4.79 Å². The maximum absolute atomic E-state index is 11.5. The average Bonchev–Trinajstić information content (AvgIpc) is 2.84. The molecule has 0 aromatic rings. The highest BCUT2D eigenvalue weighted by Gasteiger charge is 2.32. The van der Waals surface area contributed by atoms with Crippen molar-refractivity contribution >= 4 is 5.91 Å². The largest absolute Gasteiger partial charge is 0.356 e. The fourth-order valence-electron chi connectivity index (χ4n) is 1.46. The average molecular weight is 183 g/mol. The van der Waals surface area contributed by atoms with Gasteiger partial charge in [-0.05, 0) is 31.1 Å². The molecule has 0 heterocycles. The van der Waals surface area contributed by atoms with E-state index in [9.17, 15) is 4.79 Å². The Morgan fingerprint density at radius 3 is 2.46 bits per heavy atom. The van der Waals surface area contributed by atoms with Crippen LogP contribution in [0.5, 0.6) is 0 Å². The van der Waals surface area contributed by atoms with E-state index in [4.69, 9.17) is 0 Å². The number of rotatable bonds is 5. The zero-order chi connectivity index (χ0) is 9.84. The van der Waals surface area contributed by atoms with Gasteiger partial charge in [-0.25, -0.2) is 0 Å². The van der Waals surface area contributed by atoms with Crippen LogP contribution in [0.25, 0.3) is 0 Å². The van der Waals surface area contributed by atoms with Gasteiger partial charge >= 0.3 is 0 Å². The summed E-state index contributed by atoms with van der Waals surface area (Å²) < 4.78 is 0. The highest BCUT2D eigenvalue weighted by Crippen LogP contribution is 2.36. The normalized spacial score (nSPS) is 18.8. The Kier molecular flexibility index (Phi) is 3.76. The zero-order valence-corrected chi connectivity index (χ0v) is 8.97.